The van der Waals surface area contributed by atoms with Crippen LogP contribution < -0.4 is 10.6 Å². The van der Waals surface area contributed by atoms with Gasteiger partial charge >= 0.3 is 0 Å². The molecule has 2 heterocycles. The average molecular weight is 233 g/mol. The van der Waals surface area contributed by atoms with E-state index in [0.29, 0.717) is 12.1 Å². The van der Waals surface area contributed by atoms with Crippen LogP contribution in [0.3, 0.4) is 0 Å². The molecule has 0 bridgehead atoms. The average Bonchev–Trinajstić information content (AvgIpc) is 2.73. The van der Waals surface area contributed by atoms with Crippen LogP contribution in [-0.2, 0) is 9.53 Å². The van der Waals surface area contributed by atoms with Gasteiger partial charge in [0.25, 0.3) is 0 Å². The summed E-state index contributed by atoms with van der Waals surface area (Å²) in [6.45, 7) is 0.847. The first-order valence-electron chi connectivity index (χ1n) is 5.51. The summed E-state index contributed by atoms with van der Waals surface area (Å²) in [5, 5.41) is 6.38. The molecule has 0 radical (unpaired) electrons. The molecule has 1 aliphatic carbocycles. The molecule has 3 rings (SSSR count). The van der Waals surface area contributed by atoms with E-state index in [-0.39, 0.29) is 30.5 Å². The molecule has 1 amide bonds. The third-order valence-electron chi connectivity index (χ3n) is 3.33. The zero-order valence-corrected chi connectivity index (χ0v) is 9.39. The van der Waals surface area contributed by atoms with Gasteiger partial charge in [0.15, 0.2) is 0 Å². The Labute approximate surface area is 95.5 Å². The second-order valence-electron chi connectivity index (χ2n) is 4.54. The first-order valence-corrected chi connectivity index (χ1v) is 5.51. The molecule has 15 heavy (non-hydrogen) atoms. The van der Waals surface area contributed by atoms with Crippen molar-refractivity contribution in [3.05, 3.63) is 0 Å². The Morgan fingerprint density at radius 1 is 1.33 bits per heavy atom. The van der Waals surface area contributed by atoms with E-state index in [1.807, 2.05) is 0 Å². The molecule has 2 aliphatic heterocycles. The van der Waals surface area contributed by atoms with Gasteiger partial charge < -0.3 is 15.4 Å². The summed E-state index contributed by atoms with van der Waals surface area (Å²) in [4.78, 5) is 11.7. The van der Waals surface area contributed by atoms with E-state index in [0.717, 1.165) is 32.3 Å². The molecule has 0 aromatic heterocycles. The summed E-state index contributed by atoms with van der Waals surface area (Å²) in [7, 11) is 0. The van der Waals surface area contributed by atoms with Gasteiger partial charge in [-0.25, -0.2) is 0 Å². The first kappa shape index (κ1) is 11.2. The Hall–Kier alpha value is -0.320. The van der Waals surface area contributed by atoms with Crippen LogP contribution in [0.15, 0.2) is 0 Å². The van der Waals surface area contributed by atoms with Crippen LogP contribution in [0.2, 0.25) is 0 Å². The molecule has 3 atom stereocenters. The van der Waals surface area contributed by atoms with Crippen LogP contribution in [0, 0.1) is 0 Å². The SMILES string of the molecule is Cl.O=C(NC1CC1)[C@@H]1C[C@@H]2OCC[C@@H]2N1. The van der Waals surface area contributed by atoms with E-state index < -0.39 is 0 Å². The zero-order valence-electron chi connectivity index (χ0n) is 8.57. The molecule has 0 spiro atoms. The maximum Gasteiger partial charge on any atom is 0.237 e. The number of hydrogen-bond donors (Lipinski definition) is 2. The van der Waals surface area contributed by atoms with Crippen molar-refractivity contribution >= 4 is 18.3 Å². The molecule has 0 aromatic carbocycles. The molecule has 2 N–H and O–H groups in total. The van der Waals surface area contributed by atoms with Crippen molar-refractivity contribution in [2.75, 3.05) is 6.61 Å². The Kier molecular flexibility index (Phi) is 3.19. The lowest BCUT2D eigenvalue weighted by Crippen LogP contribution is -2.43. The third kappa shape index (κ3) is 2.27. The second kappa shape index (κ2) is 4.28. The highest BCUT2D eigenvalue weighted by Gasteiger charge is 2.41. The number of amides is 1. The number of nitrogens with one attached hydrogen (secondary N) is 2. The van der Waals surface area contributed by atoms with Gasteiger partial charge in [0.2, 0.25) is 5.91 Å². The zero-order chi connectivity index (χ0) is 9.54. The largest absolute Gasteiger partial charge is 0.376 e. The van der Waals surface area contributed by atoms with E-state index >= 15 is 0 Å². The summed E-state index contributed by atoms with van der Waals surface area (Å²) in [5.41, 5.74) is 0. The van der Waals surface area contributed by atoms with Gasteiger partial charge in [0, 0.05) is 18.7 Å². The topological polar surface area (TPSA) is 50.4 Å². The molecule has 4 nitrogen and oxygen atoms in total. The van der Waals surface area contributed by atoms with Gasteiger partial charge in [0.05, 0.1) is 12.1 Å². The van der Waals surface area contributed by atoms with Gasteiger partial charge in [0.1, 0.15) is 0 Å². The van der Waals surface area contributed by atoms with Crippen molar-refractivity contribution in [1.29, 1.82) is 0 Å². The lowest BCUT2D eigenvalue weighted by molar-refractivity contribution is -0.123. The maximum absolute atomic E-state index is 11.7. The number of fused-ring (bicyclic) bond motifs is 1. The van der Waals surface area contributed by atoms with Crippen molar-refractivity contribution in [2.45, 2.75) is 49.9 Å². The molecular weight excluding hydrogens is 216 g/mol. The molecule has 2 saturated heterocycles. The monoisotopic (exact) mass is 232 g/mol. The predicted molar refractivity (Wildman–Crippen MR) is 58.1 cm³/mol. The highest BCUT2D eigenvalue weighted by atomic mass is 35.5. The first-order chi connectivity index (χ1) is 6.83. The van der Waals surface area contributed by atoms with Crippen LogP contribution in [-0.4, -0.2) is 36.7 Å². The highest BCUT2D eigenvalue weighted by molar-refractivity contribution is 5.85. The normalized spacial score (nSPS) is 38.3. The number of ether oxygens (including phenoxy) is 1. The fraction of sp³-hybridized carbons (Fsp3) is 0.900. The van der Waals surface area contributed by atoms with E-state index in [2.05, 4.69) is 10.6 Å². The summed E-state index contributed by atoms with van der Waals surface area (Å²) in [5.74, 6) is 0.172. The minimum atomic E-state index is -0.00843. The molecule has 0 unspecified atom stereocenters. The summed E-state index contributed by atoms with van der Waals surface area (Å²) >= 11 is 0. The molecular formula is C10H17ClN2O2. The lowest BCUT2D eigenvalue weighted by Gasteiger charge is -2.12. The molecule has 3 aliphatic rings. The molecule has 86 valence electrons. The quantitative estimate of drug-likeness (QED) is 0.716. The van der Waals surface area contributed by atoms with Gasteiger partial charge in [-0.15, -0.1) is 12.4 Å². The molecule has 1 saturated carbocycles. The van der Waals surface area contributed by atoms with Crippen molar-refractivity contribution in [3.63, 3.8) is 0 Å². The standard InChI is InChI=1S/C10H16N2O2.ClH/c13-10(11-6-1-2-6)8-5-9-7(12-8)3-4-14-9;/h6-9,12H,1-5H2,(H,11,13);1H/t7-,8-,9-;/m0./s1. The van der Waals surface area contributed by atoms with Crippen LogP contribution in [0.1, 0.15) is 25.7 Å². The van der Waals surface area contributed by atoms with Gasteiger partial charge in [-0.05, 0) is 25.7 Å². The fourth-order valence-corrected chi connectivity index (χ4v) is 2.34. The minimum Gasteiger partial charge on any atom is -0.376 e. The molecule has 5 heteroatoms. The Morgan fingerprint density at radius 3 is 2.80 bits per heavy atom. The van der Waals surface area contributed by atoms with E-state index in [9.17, 15) is 4.79 Å². The highest BCUT2D eigenvalue weighted by Crippen LogP contribution is 2.26. The van der Waals surface area contributed by atoms with Crippen molar-refractivity contribution in [2.24, 2.45) is 0 Å². The van der Waals surface area contributed by atoms with E-state index in [1.165, 1.54) is 0 Å². The number of carbonyl (C=O) groups excluding carboxylic acids is 1. The van der Waals surface area contributed by atoms with Gasteiger partial charge in [-0.1, -0.05) is 0 Å². The third-order valence-corrected chi connectivity index (χ3v) is 3.33. The predicted octanol–water partition coefficient (Wildman–Crippen LogP) is 0.206. The van der Waals surface area contributed by atoms with Crippen LogP contribution >= 0.6 is 12.4 Å². The minimum absolute atomic E-state index is 0. The number of rotatable bonds is 2. The smallest absolute Gasteiger partial charge is 0.237 e. The van der Waals surface area contributed by atoms with Crippen molar-refractivity contribution in [3.8, 4) is 0 Å². The molecule has 0 aromatic rings. The lowest BCUT2D eigenvalue weighted by atomic mass is 10.1. The van der Waals surface area contributed by atoms with Crippen molar-refractivity contribution in [1.82, 2.24) is 10.6 Å². The summed E-state index contributed by atoms with van der Waals surface area (Å²) in [6, 6.07) is 0.876. The number of hydrogen-bond acceptors (Lipinski definition) is 3. The van der Waals surface area contributed by atoms with E-state index in [1.54, 1.807) is 0 Å². The maximum atomic E-state index is 11.7. The fourth-order valence-electron chi connectivity index (χ4n) is 2.34. The van der Waals surface area contributed by atoms with Gasteiger partial charge in [-0.2, -0.15) is 0 Å². The Balaban J connectivity index is 0.000000853. The van der Waals surface area contributed by atoms with Crippen molar-refractivity contribution < 1.29 is 9.53 Å². The Bertz CT molecular complexity index is 246. The van der Waals surface area contributed by atoms with E-state index in [4.69, 9.17) is 4.74 Å². The van der Waals surface area contributed by atoms with Crippen LogP contribution in [0.25, 0.3) is 0 Å². The molecule has 3 fully saturated rings. The number of halogens is 1. The Morgan fingerprint density at radius 2 is 2.13 bits per heavy atom. The van der Waals surface area contributed by atoms with Crippen LogP contribution in [0.4, 0.5) is 0 Å². The second-order valence-corrected chi connectivity index (χ2v) is 4.54. The van der Waals surface area contributed by atoms with Crippen LogP contribution in [0.5, 0.6) is 0 Å². The summed E-state index contributed by atoms with van der Waals surface area (Å²) < 4.78 is 5.54. The van der Waals surface area contributed by atoms with Gasteiger partial charge in [-0.3, -0.25) is 4.79 Å². The number of carbonyl (C=O) groups is 1. The summed E-state index contributed by atoms with van der Waals surface area (Å²) in [6.07, 6.45) is 4.50.